The number of rotatable bonds is 7. The van der Waals surface area contributed by atoms with E-state index in [4.69, 9.17) is 5.11 Å². The second-order valence-electron chi connectivity index (χ2n) is 9.56. The van der Waals surface area contributed by atoms with E-state index in [9.17, 15) is 14.9 Å². The van der Waals surface area contributed by atoms with Crippen LogP contribution in [0, 0.1) is 24.2 Å². The zero-order chi connectivity index (χ0) is 25.9. The summed E-state index contributed by atoms with van der Waals surface area (Å²) >= 11 is 0. The summed E-state index contributed by atoms with van der Waals surface area (Å²) in [4.78, 5) is 34.2. The molecule has 5 rings (SSSR count). The molecule has 2 amide bonds. The summed E-state index contributed by atoms with van der Waals surface area (Å²) in [7, 11) is 0. The molecule has 190 valence electrons. The van der Waals surface area contributed by atoms with Gasteiger partial charge in [-0.05, 0) is 56.2 Å². The van der Waals surface area contributed by atoms with Gasteiger partial charge in [0.2, 0.25) is 5.95 Å². The minimum atomic E-state index is -0.882. The molecule has 0 spiro atoms. The van der Waals surface area contributed by atoms with Crippen LogP contribution in [0.4, 0.5) is 16.4 Å². The van der Waals surface area contributed by atoms with Crippen LogP contribution in [0.15, 0.2) is 42.9 Å². The van der Waals surface area contributed by atoms with Crippen molar-refractivity contribution in [3.63, 3.8) is 0 Å². The lowest BCUT2D eigenvalue weighted by atomic mass is 10.1. The third kappa shape index (κ3) is 5.53. The summed E-state index contributed by atoms with van der Waals surface area (Å²) in [5, 5.41) is 28.9. The Morgan fingerprint density at radius 2 is 1.86 bits per heavy atom. The standard InChI is InChI=1S/C26H28N8O3/c1-16-13-28-25(30-20-14-29-34(15-20)21-8-10-33(11-9-21)26(36)37)32-23(16)18-4-6-19(7-5-18)24(35)31-22(12-27)17-2-3-17/h4-7,13-15,17,21-22H,2-3,8-11H2,1H3,(H,31,35)(H,36,37)(H,28,30,32). The Labute approximate surface area is 214 Å². The molecule has 3 N–H and O–H groups in total. The lowest BCUT2D eigenvalue weighted by Gasteiger charge is -2.29. The molecule has 0 bridgehead atoms. The van der Waals surface area contributed by atoms with Crippen LogP contribution < -0.4 is 10.6 Å². The van der Waals surface area contributed by atoms with E-state index >= 15 is 0 Å². The lowest BCUT2D eigenvalue weighted by molar-refractivity contribution is 0.0941. The number of carbonyl (C=O) groups is 2. The van der Waals surface area contributed by atoms with Gasteiger partial charge in [-0.3, -0.25) is 9.48 Å². The largest absolute Gasteiger partial charge is 0.465 e. The van der Waals surface area contributed by atoms with Crippen molar-refractivity contribution < 1.29 is 14.7 Å². The van der Waals surface area contributed by atoms with Gasteiger partial charge in [-0.2, -0.15) is 10.4 Å². The summed E-state index contributed by atoms with van der Waals surface area (Å²) in [5.74, 6) is 0.432. The third-order valence-electron chi connectivity index (χ3n) is 6.88. The molecule has 1 atom stereocenters. The van der Waals surface area contributed by atoms with E-state index in [1.54, 1.807) is 24.5 Å². The van der Waals surface area contributed by atoms with E-state index < -0.39 is 12.1 Å². The van der Waals surface area contributed by atoms with Gasteiger partial charge < -0.3 is 20.6 Å². The molecule has 37 heavy (non-hydrogen) atoms. The highest BCUT2D eigenvalue weighted by atomic mass is 16.4. The molecule has 3 aromatic rings. The Balaban J connectivity index is 1.25. The van der Waals surface area contributed by atoms with Crippen LogP contribution in [0.3, 0.4) is 0 Å². The van der Waals surface area contributed by atoms with Gasteiger partial charge in [0.15, 0.2) is 0 Å². The number of aromatic nitrogens is 4. The molecule has 1 saturated heterocycles. The molecule has 1 aromatic carbocycles. The number of hydrogen-bond acceptors (Lipinski definition) is 7. The van der Waals surface area contributed by atoms with Crippen LogP contribution in [-0.4, -0.2) is 60.9 Å². The number of aryl methyl sites for hydroxylation is 1. The van der Waals surface area contributed by atoms with Gasteiger partial charge in [0.25, 0.3) is 5.91 Å². The molecule has 2 aliphatic rings. The van der Waals surface area contributed by atoms with Crippen molar-refractivity contribution in [3.8, 4) is 17.3 Å². The van der Waals surface area contributed by atoms with Gasteiger partial charge in [0.05, 0.1) is 29.7 Å². The van der Waals surface area contributed by atoms with E-state index in [2.05, 4.69) is 31.8 Å². The maximum absolute atomic E-state index is 12.5. The predicted molar refractivity (Wildman–Crippen MR) is 135 cm³/mol. The first-order chi connectivity index (χ1) is 17.9. The minimum Gasteiger partial charge on any atom is -0.465 e. The lowest BCUT2D eigenvalue weighted by Crippen LogP contribution is -2.38. The van der Waals surface area contributed by atoms with Crippen LogP contribution in [-0.2, 0) is 0 Å². The fraction of sp³-hybridized carbons (Fsp3) is 0.385. The molecule has 2 aromatic heterocycles. The Hall–Kier alpha value is -4.46. The highest BCUT2D eigenvalue weighted by Crippen LogP contribution is 2.32. The van der Waals surface area contributed by atoms with Crippen molar-refractivity contribution in [3.05, 3.63) is 54.0 Å². The first-order valence-corrected chi connectivity index (χ1v) is 12.3. The number of nitrogens with zero attached hydrogens (tertiary/aromatic N) is 6. The molecule has 1 saturated carbocycles. The van der Waals surface area contributed by atoms with Crippen molar-refractivity contribution in [1.82, 2.24) is 30.0 Å². The van der Waals surface area contributed by atoms with Crippen molar-refractivity contribution >= 4 is 23.6 Å². The number of benzene rings is 1. The Kier molecular flexibility index (Phi) is 6.72. The maximum Gasteiger partial charge on any atom is 0.407 e. The number of amides is 2. The van der Waals surface area contributed by atoms with E-state index in [1.807, 2.05) is 29.9 Å². The number of hydrogen-bond donors (Lipinski definition) is 3. The van der Waals surface area contributed by atoms with Crippen molar-refractivity contribution in [2.24, 2.45) is 5.92 Å². The zero-order valence-corrected chi connectivity index (χ0v) is 20.5. The molecule has 0 radical (unpaired) electrons. The van der Waals surface area contributed by atoms with E-state index in [1.165, 1.54) is 4.90 Å². The molecule has 11 heteroatoms. The smallest absolute Gasteiger partial charge is 0.407 e. The SMILES string of the molecule is Cc1cnc(Nc2cnn(C3CCN(C(=O)O)CC3)c2)nc1-c1ccc(C(=O)NC(C#N)C2CC2)cc1. The minimum absolute atomic E-state index is 0.143. The maximum atomic E-state index is 12.5. The number of nitrogens with one attached hydrogen (secondary N) is 2. The van der Waals surface area contributed by atoms with Crippen LogP contribution in [0.1, 0.15) is 47.6 Å². The summed E-state index contributed by atoms with van der Waals surface area (Å²) in [6.07, 6.45) is 7.83. The van der Waals surface area contributed by atoms with E-state index in [0.29, 0.717) is 37.4 Å². The topological polar surface area (TPSA) is 149 Å². The average molecular weight is 501 g/mol. The Bertz CT molecular complexity index is 1330. The number of anilines is 2. The zero-order valence-electron chi connectivity index (χ0n) is 20.5. The van der Waals surface area contributed by atoms with Crippen LogP contribution in [0.5, 0.6) is 0 Å². The van der Waals surface area contributed by atoms with Gasteiger partial charge in [-0.25, -0.2) is 14.8 Å². The first kappa shape index (κ1) is 24.2. The molecule has 3 heterocycles. The Morgan fingerprint density at radius 3 is 2.51 bits per heavy atom. The predicted octanol–water partition coefficient (Wildman–Crippen LogP) is 3.74. The van der Waals surface area contributed by atoms with Crippen molar-refractivity contribution in [2.75, 3.05) is 18.4 Å². The summed E-state index contributed by atoms with van der Waals surface area (Å²) in [6.45, 7) is 2.91. The molecular weight excluding hydrogens is 472 g/mol. The average Bonchev–Trinajstić information content (AvgIpc) is 3.66. The fourth-order valence-electron chi connectivity index (χ4n) is 4.54. The number of piperidine rings is 1. The van der Waals surface area contributed by atoms with Crippen molar-refractivity contribution in [1.29, 1.82) is 5.26 Å². The highest BCUT2D eigenvalue weighted by Gasteiger charge is 2.32. The first-order valence-electron chi connectivity index (χ1n) is 12.3. The van der Waals surface area contributed by atoms with Gasteiger partial charge in [-0.15, -0.1) is 0 Å². The number of carbonyl (C=O) groups excluding carboxylic acids is 1. The van der Waals surface area contributed by atoms with Gasteiger partial charge in [0.1, 0.15) is 6.04 Å². The molecule has 1 aliphatic carbocycles. The van der Waals surface area contributed by atoms with Gasteiger partial charge in [-0.1, -0.05) is 12.1 Å². The Morgan fingerprint density at radius 1 is 1.14 bits per heavy atom. The number of likely N-dealkylation sites (tertiary alicyclic amines) is 1. The van der Waals surface area contributed by atoms with Gasteiger partial charge >= 0.3 is 6.09 Å². The number of carboxylic acid groups (broad SMARTS) is 1. The third-order valence-corrected chi connectivity index (χ3v) is 6.88. The summed E-state index contributed by atoms with van der Waals surface area (Å²) in [5.41, 5.74) is 3.72. The quantitative estimate of drug-likeness (QED) is 0.444. The van der Waals surface area contributed by atoms with Crippen LogP contribution in [0.2, 0.25) is 0 Å². The highest BCUT2D eigenvalue weighted by molar-refractivity contribution is 5.95. The summed E-state index contributed by atoms with van der Waals surface area (Å²) in [6, 6.07) is 9.04. The monoisotopic (exact) mass is 500 g/mol. The van der Waals surface area contributed by atoms with Crippen molar-refractivity contribution in [2.45, 2.75) is 44.7 Å². The molecular formula is C26H28N8O3. The molecule has 1 unspecified atom stereocenters. The normalized spacial score (nSPS) is 16.6. The molecule has 2 fully saturated rings. The van der Waals surface area contributed by atoms with E-state index in [-0.39, 0.29) is 17.9 Å². The van der Waals surface area contributed by atoms with E-state index in [0.717, 1.165) is 35.3 Å². The molecule has 1 aliphatic heterocycles. The van der Waals surface area contributed by atoms with Gasteiger partial charge in [0, 0.05) is 36.6 Å². The van der Waals surface area contributed by atoms with Crippen LogP contribution >= 0.6 is 0 Å². The second kappa shape index (κ2) is 10.3. The summed E-state index contributed by atoms with van der Waals surface area (Å²) < 4.78 is 1.86. The molecule has 11 nitrogen and oxygen atoms in total. The number of nitriles is 1. The van der Waals surface area contributed by atoms with Crippen LogP contribution in [0.25, 0.3) is 11.3 Å². The second-order valence-corrected chi connectivity index (χ2v) is 9.56. The fourth-order valence-corrected chi connectivity index (χ4v) is 4.54.